The fraction of sp³-hybridized carbons (Fsp3) is 0.148. The van der Waals surface area contributed by atoms with E-state index in [1.54, 1.807) is 0 Å². The van der Waals surface area contributed by atoms with Gasteiger partial charge in [0.25, 0.3) is 0 Å². The molecule has 34 heavy (non-hydrogen) atoms. The molecule has 3 aromatic carbocycles. The molecule has 0 saturated heterocycles. The number of benzene rings is 3. The van der Waals surface area contributed by atoms with E-state index in [4.69, 9.17) is 21.1 Å². The Morgan fingerprint density at radius 2 is 1.94 bits per heavy atom. The maximum Gasteiger partial charge on any atom is 0.227 e. The topological polar surface area (TPSA) is 36.3 Å². The van der Waals surface area contributed by atoms with E-state index in [-0.39, 0.29) is 12.4 Å². The van der Waals surface area contributed by atoms with Gasteiger partial charge in [-0.05, 0) is 29.8 Å². The number of hydrogen-bond acceptors (Lipinski definition) is 4. The van der Waals surface area contributed by atoms with Crippen LogP contribution in [0.5, 0.6) is 5.75 Å². The van der Waals surface area contributed by atoms with Gasteiger partial charge in [-0.25, -0.2) is 9.37 Å². The van der Waals surface area contributed by atoms with Gasteiger partial charge in [0.05, 0.1) is 18.5 Å². The molecule has 5 rings (SSSR count). The van der Waals surface area contributed by atoms with Gasteiger partial charge in [-0.15, -0.1) is 6.58 Å². The molecule has 0 spiro atoms. The van der Waals surface area contributed by atoms with Crippen LogP contribution in [-0.4, -0.2) is 9.55 Å². The van der Waals surface area contributed by atoms with Gasteiger partial charge < -0.3 is 14.0 Å². The zero-order valence-electron chi connectivity index (χ0n) is 18.3. The number of thioether (sulfide) groups is 1. The minimum atomic E-state index is -0.526. The largest absolute Gasteiger partial charge is 0.460 e. The van der Waals surface area contributed by atoms with Crippen LogP contribution in [0.2, 0.25) is 5.02 Å². The Labute approximate surface area is 207 Å². The molecule has 1 aromatic heterocycles. The molecule has 0 saturated carbocycles. The standard InChI is InChI=1S/C27H22ClFN2O2S/c1-2-12-31-24(18-8-10-22(28)11-9-18)15-30-27(31)34-17-21-14-23(29)13-20-16-32-26(33-25(20)21)19-6-4-3-5-7-19/h2-11,13-15,26H,1,12,16-17H2. The van der Waals surface area contributed by atoms with Gasteiger partial charge in [-0.1, -0.05) is 71.9 Å². The predicted octanol–water partition coefficient (Wildman–Crippen LogP) is 7.43. The smallest absolute Gasteiger partial charge is 0.227 e. The monoisotopic (exact) mass is 492 g/mol. The van der Waals surface area contributed by atoms with Crippen molar-refractivity contribution in [3.05, 3.63) is 113 Å². The predicted molar refractivity (Wildman–Crippen MR) is 133 cm³/mol. The lowest BCUT2D eigenvalue weighted by molar-refractivity contribution is -0.112. The average molecular weight is 493 g/mol. The summed E-state index contributed by atoms with van der Waals surface area (Å²) in [4.78, 5) is 4.63. The maximum absolute atomic E-state index is 14.4. The molecule has 0 fully saturated rings. The molecule has 1 aliphatic rings. The van der Waals surface area contributed by atoms with Gasteiger partial charge in [-0.2, -0.15) is 0 Å². The van der Waals surface area contributed by atoms with E-state index in [0.717, 1.165) is 27.5 Å². The third-order valence-corrected chi connectivity index (χ3v) is 6.81. The molecule has 1 atom stereocenters. The van der Waals surface area contributed by atoms with Crippen LogP contribution in [0, 0.1) is 5.82 Å². The van der Waals surface area contributed by atoms with Crippen molar-refractivity contribution in [2.75, 3.05) is 0 Å². The number of halogens is 2. The van der Waals surface area contributed by atoms with Crippen molar-refractivity contribution >= 4 is 23.4 Å². The van der Waals surface area contributed by atoms with Crippen LogP contribution in [0.4, 0.5) is 4.39 Å². The van der Waals surface area contributed by atoms with E-state index in [0.29, 0.717) is 28.6 Å². The molecule has 1 aliphatic heterocycles. The zero-order chi connectivity index (χ0) is 23.5. The minimum Gasteiger partial charge on any atom is -0.460 e. The number of allylic oxidation sites excluding steroid dienone is 1. The number of hydrogen-bond donors (Lipinski definition) is 0. The second-order valence-corrected chi connectivity index (χ2v) is 9.22. The molecular weight excluding hydrogens is 471 g/mol. The molecule has 172 valence electrons. The summed E-state index contributed by atoms with van der Waals surface area (Å²) >= 11 is 7.58. The second-order valence-electron chi connectivity index (χ2n) is 7.85. The van der Waals surface area contributed by atoms with E-state index in [9.17, 15) is 4.39 Å². The van der Waals surface area contributed by atoms with Gasteiger partial charge in [-0.3, -0.25) is 0 Å². The fourth-order valence-electron chi connectivity index (χ4n) is 3.93. The molecule has 1 unspecified atom stereocenters. The number of rotatable bonds is 7. The highest BCUT2D eigenvalue weighted by Gasteiger charge is 2.25. The first-order chi connectivity index (χ1) is 16.6. The Balaban J connectivity index is 1.41. The molecule has 0 N–H and O–H groups in total. The van der Waals surface area contributed by atoms with Crippen LogP contribution in [0.25, 0.3) is 11.3 Å². The van der Waals surface area contributed by atoms with Crippen molar-refractivity contribution in [1.29, 1.82) is 0 Å². The van der Waals surface area contributed by atoms with Crippen molar-refractivity contribution in [2.45, 2.75) is 30.4 Å². The lowest BCUT2D eigenvalue weighted by Gasteiger charge is -2.28. The number of ether oxygens (including phenoxy) is 2. The van der Waals surface area contributed by atoms with Gasteiger partial charge in [0, 0.05) is 34.0 Å². The first-order valence-electron chi connectivity index (χ1n) is 10.8. The summed E-state index contributed by atoms with van der Waals surface area (Å²) in [6.07, 6.45) is 3.15. The second kappa shape index (κ2) is 10.1. The highest BCUT2D eigenvalue weighted by atomic mass is 35.5. The summed E-state index contributed by atoms with van der Waals surface area (Å²) in [5.41, 5.74) is 4.38. The molecule has 2 heterocycles. The highest BCUT2D eigenvalue weighted by Crippen LogP contribution is 2.39. The van der Waals surface area contributed by atoms with Crippen molar-refractivity contribution in [2.24, 2.45) is 0 Å². The van der Waals surface area contributed by atoms with Gasteiger partial charge >= 0.3 is 0 Å². The highest BCUT2D eigenvalue weighted by molar-refractivity contribution is 7.98. The molecule has 0 amide bonds. The Hall–Kier alpha value is -3.06. The van der Waals surface area contributed by atoms with Gasteiger partial charge in [0.15, 0.2) is 5.16 Å². The minimum absolute atomic E-state index is 0.288. The number of nitrogens with zero attached hydrogens (tertiary/aromatic N) is 2. The average Bonchev–Trinajstić information content (AvgIpc) is 3.26. The Bertz CT molecular complexity index is 1310. The molecule has 0 bridgehead atoms. The molecule has 4 aromatic rings. The summed E-state index contributed by atoms with van der Waals surface area (Å²) < 4.78 is 28.5. The molecular formula is C27H22ClFN2O2S. The first-order valence-corrected chi connectivity index (χ1v) is 12.2. The van der Waals surface area contributed by atoms with Crippen molar-refractivity contribution < 1.29 is 13.9 Å². The zero-order valence-corrected chi connectivity index (χ0v) is 19.9. The molecule has 0 aliphatic carbocycles. The number of fused-ring (bicyclic) bond motifs is 1. The van der Waals surface area contributed by atoms with Crippen molar-refractivity contribution in [3.8, 4) is 17.0 Å². The van der Waals surface area contributed by atoms with E-state index in [2.05, 4.69) is 16.1 Å². The van der Waals surface area contributed by atoms with Crippen molar-refractivity contribution in [3.63, 3.8) is 0 Å². The molecule has 0 radical (unpaired) electrons. The first kappa shape index (κ1) is 22.7. The van der Waals surface area contributed by atoms with Crippen LogP contribution < -0.4 is 4.74 Å². The Morgan fingerprint density at radius 3 is 2.71 bits per heavy atom. The Kier molecular flexibility index (Phi) is 6.72. The SMILES string of the molecule is C=CCn1c(-c2ccc(Cl)cc2)cnc1SCc1cc(F)cc2c1OC(c1ccccc1)OC2. The summed E-state index contributed by atoms with van der Waals surface area (Å²) in [5.74, 6) is 0.861. The summed E-state index contributed by atoms with van der Waals surface area (Å²) in [7, 11) is 0. The van der Waals surface area contributed by atoms with Crippen LogP contribution in [0.3, 0.4) is 0 Å². The third kappa shape index (κ3) is 4.75. The van der Waals surface area contributed by atoms with E-state index in [1.165, 1.54) is 23.9 Å². The Morgan fingerprint density at radius 1 is 1.15 bits per heavy atom. The van der Waals surface area contributed by atoms with E-state index in [1.807, 2.05) is 66.9 Å². The third-order valence-electron chi connectivity index (χ3n) is 5.52. The normalized spacial score (nSPS) is 14.9. The lowest BCUT2D eigenvalue weighted by Crippen LogP contribution is -2.19. The lowest BCUT2D eigenvalue weighted by atomic mass is 10.1. The summed E-state index contributed by atoms with van der Waals surface area (Å²) in [6, 6.07) is 20.4. The van der Waals surface area contributed by atoms with Crippen LogP contribution in [-0.2, 0) is 23.6 Å². The number of imidazole rings is 1. The fourth-order valence-corrected chi connectivity index (χ4v) is 5.01. The van der Waals surface area contributed by atoms with Gasteiger partial charge in [0.1, 0.15) is 11.6 Å². The molecule has 4 nitrogen and oxygen atoms in total. The van der Waals surface area contributed by atoms with Gasteiger partial charge in [0.2, 0.25) is 6.29 Å². The van der Waals surface area contributed by atoms with Crippen LogP contribution in [0.15, 0.2) is 90.7 Å². The number of aromatic nitrogens is 2. The van der Waals surface area contributed by atoms with Crippen molar-refractivity contribution in [1.82, 2.24) is 9.55 Å². The summed E-state index contributed by atoms with van der Waals surface area (Å²) in [6.45, 7) is 4.77. The molecule has 7 heteroatoms. The quantitative estimate of drug-likeness (QED) is 0.198. The van der Waals surface area contributed by atoms with Crippen LogP contribution >= 0.6 is 23.4 Å². The van der Waals surface area contributed by atoms with Crippen LogP contribution in [0.1, 0.15) is 23.0 Å². The maximum atomic E-state index is 14.4. The van der Waals surface area contributed by atoms with E-state index >= 15 is 0 Å². The summed E-state index contributed by atoms with van der Waals surface area (Å²) in [5, 5.41) is 1.50. The van der Waals surface area contributed by atoms with E-state index < -0.39 is 6.29 Å².